The van der Waals surface area contributed by atoms with Crippen LogP contribution in [0.1, 0.15) is 17.2 Å². The molecule has 0 aliphatic carbocycles. The Labute approximate surface area is 153 Å². The predicted octanol–water partition coefficient (Wildman–Crippen LogP) is 2.50. The van der Waals surface area contributed by atoms with Crippen molar-refractivity contribution < 1.29 is 0 Å². The molecule has 0 saturated heterocycles. The van der Waals surface area contributed by atoms with Gasteiger partial charge in [-0.3, -0.25) is 5.41 Å². The van der Waals surface area contributed by atoms with Crippen molar-refractivity contribution in [2.45, 2.75) is 6.42 Å². The molecule has 5 rings (SSSR count). The molecule has 0 spiro atoms. The van der Waals surface area contributed by atoms with E-state index in [1.807, 2.05) is 47.2 Å². The van der Waals surface area contributed by atoms with Crippen molar-refractivity contribution >= 4 is 27.9 Å². The van der Waals surface area contributed by atoms with Crippen molar-refractivity contribution in [2.24, 2.45) is 5.73 Å². The molecule has 8 heteroatoms. The molecular weight excluding hydrogens is 340 g/mol. The monoisotopic (exact) mass is 356 g/mol. The first-order valence-corrected chi connectivity index (χ1v) is 8.46. The largest absolute Gasteiger partial charge is 0.384 e. The summed E-state index contributed by atoms with van der Waals surface area (Å²) >= 11 is 0. The fourth-order valence-corrected chi connectivity index (χ4v) is 3.17. The summed E-state index contributed by atoms with van der Waals surface area (Å²) in [5.41, 5.74) is 10.8. The molecule has 132 valence electrons. The van der Waals surface area contributed by atoms with Gasteiger partial charge in [-0.05, 0) is 36.4 Å². The van der Waals surface area contributed by atoms with Crippen LogP contribution in [0.2, 0.25) is 0 Å². The van der Waals surface area contributed by atoms with E-state index in [0.29, 0.717) is 12.0 Å². The van der Waals surface area contributed by atoms with Crippen molar-refractivity contribution in [2.75, 3.05) is 0 Å². The Balaban J connectivity index is 1.47. The van der Waals surface area contributed by atoms with Crippen molar-refractivity contribution in [1.29, 1.82) is 5.41 Å². The fraction of sp³-hybridized carbons (Fsp3) is 0.0526. The van der Waals surface area contributed by atoms with Crippen molar-refractivity contribution in [3.8, 4) is 5.69 Å². The number of nitrogens with zero attached hydrogens (tertiary/aromatic N) is 4. The number of nitrogens with two attached hydrogens (primary N) is 1. The Bertz CT molecular complexity index is 1280. The molecule has 0 fully saturated rings. The second kappa shape index (κ2) is 5.80. The Kier molecular flexibility index (Phi) is 3.29. The van der Waals surface area contributed by atoms with Crippen LogP contribution in [-0.4, -0.2) is 35.3 Å². The lowest BCUT2D eigenvalue weighted by Crippen LogP contribution is -2.10. The van der Waals surface area contributed by atoms with Crippen LogP contribution in [0, 0.1) is 5.41 Å². The van der Waals surface area contributed by atoms with E-state index in [1.54, 1.807) is 12.5 Å². The van der Waals surface area contributed by atoms with Gasteiger partial charge < -0.3 is 20.3 Å². The van der Waals surface area contributed by atoms with Crippen molar-refractivity contribution in [3.05, 3.63) is 72.3 Å². The van der Waals surface area contributed by atoms with E-state index in [1.165, 1.54) is 0 Å². The van der Waals surface area contributed by atoms with Crippen LogP contribution >= 0.6 is 0 Å². The summed E-state index contributed by atoms with van der Waals surface area (Å²) in [6, 6.07) is 11.6. The predicted molar refractivity (Wildman–Crippen MR) is 103 cm³/mol. The smallest absolute Gasteiger partial charge is 0.122 e. The van der Waals surface area contributed by atoms with Gasteiger partial charge in [-0.1, -0.05) is 0 Å². The van der Waals surface area contributed by atoms with Crippen LogP contribution < -0.4 is 5.73 Å². The average Bonchev–Trinajstić information content (AvgIpc) is 3.39. The maximum atomic E-state index is 7.55. The highest BCUT2D eigenvalue weighted by Gasteiger charge is 2.10. The van der Waals surface area contributed by atoms with E-state index in [4.69, 9.17) is 16.1 Å². The molecule has 2 aromatic carbocycles. The maximum absolute atomic E-state index is 7.55. The lowest BCUT2D eigenvalue weighted by Gasteiger charge is -2.00. The zero-order valence-corrected chi connectivity index (χ0v) is 14.3. The molecule has 0 bridgehead atoms. The third-order valence-corrected chi connectivity index (χ3v) is 4.50. The molecule has 0 amide bonds. The minimum Gasteiger partial charge on any atom is -0.384 e. The van der Waals surface area contributed by atoms with E-state index < -0.39 is 0 Å². The average molecular weight is 356 g/mol. The van der Waals surface area contributed by atoms with E-state index in [2.05, 4.69) is 19.9 Å². The molecule has 0 radical (unpaired) electrons. The maximum Gasteiger partial charge on any atom is 0.122 e. The molecule has 27 heavy (non-hydrogen) atoms. The minimum atomic E-state index is 0.0347. The molecule has 3 aromatic heterocycles. The number of aromatic amines is 2. The van der Waals surface area contributed by atoms with Gasteiger partial charge in [0.15, 0.2) is 0 Å². The topological polar surface area (TPSA) is 125 Å². The number of aromatic nitrogens is 6. The molecule has 0 unspecified atom stereocenters. The zero-order valence-electron chi connectivity index (χ0n) is 14.3. The van der Waals surface area contributed by atoms with E-state index in [9.17, 15) is 0 Å². The molecule has 5 aromatic rings. The van der Waals surface area contributed by atoms with Crippen LogP contribution in [0.4, 0.5) is 0 Å². The Morgan fingerprint density at radius 3 is 2.37 bits per heavy atom. The summed E-state index contributed by atoms with van der Waals surface area (Å²) in [4.78, 5) is 20.0. The van der Waals surface area contributed by atoms with Gasteiger partial charge in [0, 0.05) is 23.6 Å². The lowest BCUT2D eigenvalue weighted by atomic mass is 10.2. The number of imidazole rings is 3. The SMILES string of the molecule is N=C(N)c1ccc2[nH]c(Cc3nc4cc(-n5ccnc5)ccc4[nH]3)nc2c1. The third kappa shape index (κ3) is 2.73. The van der Waals surface area contributed by atoms with Crippen molar-refractivity contribution in [1.82, 2.24) is 29.5 Å². The summed E-state index contributed by atoms with van der Waals surface area (Å²) in [6.45, 7) is 0. The van der Waals surface area contributed by atoms with Crippen molar-refractivity contribution in [3.63, 3.8) is 0 Å². The Hall–Kier alpha value is -3.94. The molecule has 0 aliphatic heterocycles. The summed E-state index contributed by atoms with van der Waals surface area (Å²) < 4.78 is 1.94. The first-order valence-electron chi connectivity index (χ1n) is 8.46. The number of rotatable bonds is 4. The number of H-pyrrole nitrogens is 2. The van der Waals surface area contributed by atoms with Gasteiger partial charge in [0.1, 0.15) is 17.5 Å². The van der Waals surface area contributed by atoms with Gasteiger partial charge >= 0.3 is 0 Å². The van der Waals surface area contributed by atoms with Gasteiger partial charge in [-0.2, -0.15) is 0 Å². The number of fused-ring (bicyclic) bond motifs is 2. The second-order valence-electron chi connectivity index (χ2n) is 6.36. The van der Waals surface area contributed by atoms with E-state index in [0.717, 1.165) is 39.4 Å². The standard InChI is InChI=1S/C19H16N8/c20-19(21)11-1-3-13-15(7-11)25-17(23-13)9-18-24-14-4-2-12(8-16(14)26-18)27-6-5-22-10-27/h1-8,10H,9H2,(H3,20,21)(H,23,25)(H,24,26). The van der Waals surface area contributed by atoms with E-state index >= 15 is 0 Å². The lowest BCUT2D eigenvalue weighted by molar-refractivity contribution is 0.960. The highest BCUT2D eigenvalue weighted by Crippen LogP contribution is 2.19. The number of amidine groups is 1. The van der Waals surface area contributed by atoms with Gasteiger partial charge in [0.05, 0.1) is 34.8 Å². The molecular formula is C19H16N8. The minimum absolute atomic E-state index is 0.0347. The second-order valence-corrected chi connectivity index (χ2v) is 6.36. The van der Waals surface area contributed by atoms with Crippen LogP contribution in [0.5, 0.6) is 0 Å². The summed E-state index contributed by atoms with van der Waals surface area (Å²) in [5, 5.41) is 7.55. The molecule has 5 N–H and O–H groups in total. The van der Waals surface area contributed by atoms with Gasteiger partial charge in [0.2, 0.25) is 0 Å². The quantitative estimate of drug-likeness (QED) is 0.291. The third-order valence-electron chi connectivity index (χ3n) is 4.50. The van der Waals surface area contributed by atoms with Crippen LogP contribution in [0.15, 0.2) is 55.1 Å². The summed E-state index contributed by atoms with van der Waals surface area (Å²) in [7, 11) is 0. The Morgan fingerprint density at radius 2 is 1.70 bits per heavy atom. The van der Waals surface area contributed by atoms with Gasteiger partial charge in [-0.25, -0.2) is 15.0 Å². The van der Waals surface area contributed by atoms with Crippen LogP contribution in [-0.2, 0) is 6.42 Å². The molecule has 8 nitrogen and oxygen atoms in total. The van der Waals surface area contributed by atoms with Crippen LogP contribution in [0.25, 0.3) is 27.8 Å². The first kappa shape index (κ1) is 15.3. The molecule has 0 aliphatic rings. The normalized spacial score (nSPS) is 11.4. The number of nitrogen functional groups attached to an aromatic ring is 1. The molecule has 3 heterocycles. The number of nitrogens with one attached hydrogen (secondary N) is 3. The zero-order chi connectivity index (χ0) is 18.4. The van der Waals surface area contributed by atoms with Crippen LogP contribution in [0.3, 0.4) is 0 Å². The van der Waals surface area contributed by atoms with E-state index in [-0.39, 0.29) is 5.84 Å². The number of benzene rings is 2. The van der Waals surface area contributed by atoms with Gasteiger partial charge in [0.25, 0.3) is 0 Å². The summed E-state index contributed by atoms with van der Waals surface area (Å²) in [5.74, 6) is 1.67. The highest BCUT2D eigenvalue weighted by atomic mass is 15.0. The highest BCUT2D eigenvalue weighted by molar-refractivity contribution is 5.97. The molecule has 0 saturated carbocycles. The Morgan fingerprint density at radius 1 is 1.00 bits per heavy atom. The number of hydrogen-bond acceptors (Lipinski definition) is 4. The molecule has 0 atom stereocenters. The first-order chi connectivity index (χ1) is 13.2. The fourth-order valence-electron chi connectivity index (χ4n) is 3.17. The van der Waals surface area contributed by atoms with Gasteiger partial charge in [-0.15, -0.1) is 0 Å². The number of hydrogen-bond donors (Lipinski definition) is 4. The summed E-state index contributed by atoms with van der Waals surface area (Å²) in [6.07, 6.45) is 5.97.